The first-order valence-corrected chi connectivity index (χ1v) is 6.30. The lowest BCUT2D eigenvalue weighted by Gasteiger charge is -2.42. The number of halogens is 1. The first-order chi connectivity index (χ1) is 8.54. The lowest BCUT2D eigenvalue weighted by Crippen LogP contribution is -2.38. The monoisotopic (exact) mass is 245 g/mol. The minimum Gasteiger partial charge on any atom is -0.326 e. The van der Waals surface area contributed by atoms with E-state index in [4.69, 9.17) is 0 Å². The summed E-state index contributed by atoms with van der Waals surface area (Å²) in [6.07, 6.45) is 5.10. The molecule has 0 aromatic carbocycles. The van der Waals surface area contributed by atoms with E-state index in [-0.39, 0.29) is 11.5 Å². The molecule has 1 aromatic rings. The van der Waals surface area contributed by atoms with E-state index in [2.05, 4.69) is 11.1 Å². The minimum absolute atomic E-state index is 0.0827. The Kier molecular flexibility index (Phi) is 2.34. The highest BCUT2D eigenvalue weighted by atomic mass is 19.1. The number of allylic oxidation sites excluding steroid dienone is 4. The summed E-state index contributed by atoms with van der Waals surface area (Å²) in [5.74, 6) is 0.0827. The average Bonchev–Trinajstić information content (AvgIpc) is 2.26. The summed E-state index contributed by atoms with van der Waals surface area (Å²) in [5, 5.41) is 0. The standard InChI is InChI=1S/C15H16FNO/c1-3-11-10-6-9(2)8-15(11,16)12-4-5-14(18)17-13(12)7-10/h3-6,10H,7-8H2,1-2H3,(H,17,18)/b11-3+/t10-,15+/m0/s1. The van der Waals surface area contributed by atoms with Crippen molar-refractivity contribution in [2.24, 2.45) is 5.92 Å². The van der Waals surface area contributed by atoms with Crippen molar-refractivity contribution in [2.45, 2.75) is 32.4 Å². The Morgan fingerprint density at radius 1 is 1.50 bits per heavy atom. The predicted octanol–water partition coefficient (Wildman–Crippen LogP) is 3.01. The largest absolute Gasteiger partial charge is 0.326 e. The second kappa shape index (κ2) is 3.67. The van der Waals surface area contributed by atoms with E-state index in [1.54, 1.807) is 6.07 Å². The Bertz CT molecular complexity index is 626. The van der Waals surface area contributed by atoms with Crippen LogP contribution in [0.15, 0.2) is 40.2 Å². The van der Waals surface area contributed by atoms with Crippen molar-refractivity contribution in [2.75, 3.05) is 0 Å². The van der Waals surface area contributed by atoms with Crippen molar-refractivity contribution >= 4 is 0 Å². The molecule has 2 nitrogen and oxygen atoms in total. The van der Waals surface area contributed by atoms with Crippen LogP contribution in [0.3, 0.4) is 0 Å². The van der Waals surface area contributed by atoms with Gasteiger partial charge in [0.15, 0.2) is 5.67 Å². The molecule has 1 aromatic heterocycles. The lowest BCUT2D eigenvalue weighted by atomic mass is 9.66. The van der Waals surface area contributed by atoms with Crippen LogP contribution in [0.5, 0.6) is 0 Å². The molecule has 0 saturated heterocycles. The summed E-state index contributed by atoms with van der Waals surface area (Å²) in [6, 6.07) is 3.06. The number of hydrogen-bond donors (Lipinski definition) is 1. The third kappa shape index (κ3) is 1.43. The molecule has 0 unspecified atom stereocenters. The van der Waals surface area contributed by atoms with Gasteiger partial charge in [0.1, 0.15) is 0 Å². The summed E-state index contributed by atoms with van der Waals surface area (Å²) in [6.45, 7) is 3.87. The topological polar surface area (TPSA) is 32.9 Å². The number of rotatable bonds is 0. The molecule has 0 radical (unpaired) electrons. The number of H-pyrrole nitrogens is 1. The number of fused-ring (bicyclic) bond motifs is 4. The molecule has 94 valence electrons. The third-order valence-electron chi connectivity index (χ3n) is 4.03. The quantitative estimate of drug-likeness (QED) is 0.700. The molecule has 0 fully saturated rings. The van der Waals surface area contributed by atoms with E-state index in [1.165, 1.54) is 6.07 Å². The molecule has 2 aliphatic rings. The molecule has 2 bridgehead atoms. The summed E-state index contributed by atoms with van der Waals surface area (Å²) < 4.78 is 15.4. The molecule has 1 N–H and O–H groups in total. The van der Waals surface area contributed by atoms with Crippen molar-refractivity contribution in [3.63, 3.8) is 0 Å². The van der Waals surface area contributed by atoms with Gasteiger partial charge < -0.3 is 4.98 Å². The minimum atomic E-state index is -1.43. The zero-order chi connectivity index (χ0) is 12.9. The highest BCUT2D eigenvalue weighted by Gasteiger charge is 2.47. The number of nitrogens with one attached hydrogen (secondary N) is 1. The first-order valence-electron chi connectivity index (χ1n) is 6.30. The summed E-state index contributed by atoms with van der Waals surface area (Å²) in [5.41, 5.74) is 1.73. The van der Waals surface area contributed by atoms with E-state index in [0.29, 0.717) is 18.4 Å². The van der Waals surface area contributed by atoms with Crippen molar-refractivity contribution in [1.29, 1.82) is 0 Å². The van der Waals surface area contributed by atoms with E-state index >= 15 is 4.39 Å². The van der Waals surface area contributed by atoms with Gasteiger partial charge >= 0.3 is 0 Å². The fraction of sp³-hybridized carbons (Fsp3) is 0.400. The maximum Gasteiger partial charge on any atom is 0.248 e. The van der Waals surface area contributed by atoms with Crippen LogP contribution in [0, 0.1) is 5.92 Å². The van der Waals surface area contributed by atoms with Gasteiger partial charge in [0, 0.05) is 29.7 Å². The van der Waals surface area contributed by atoms with Crippen molar-refractivity contribution in [3.8, 4) is 0 Å². The van der Waals surface area contributed by atoms with Gasteiger partial charge in [-0.2, -0.15) is 0 Å². The van der Waals surface area contributed by atoms with Gasteiger partial charge in [-0.25, -0.2) is 4.39 Å². The van der Waals surface area contributed by atoms with Gasteiger partial charge in [0.25, 0.3) is 0 Å². The van der Waals surface area contributed by atoms with Crippen LogP contribution >= 0.6 is 0 Å². The molecule has 0 aliphatic heterocycles. The fourth-order valence-electron chi connectivity index (χ4n) is 3.40. The van der Waals surface area contributed by atoms with Crippen LogP contribution in [0.1, 0.15) is 31.5 Å². The summed E-state index contributed by atoms with van der Waals surface area (Å²) in [7, 11) is 0. The second-order valence-corrected chi connectivity index (χ2v) is 5.26. The molecule has 3 heteroatoms. The Balaban J connectivity index is 2.28. The van der Waals surface area contributed by atoms with Gasteiger partial charge in [0.2, 0.25) is 5.56 Å². The van der Waals surface area contributed by atoms with Crippen LogP contribution in [-0.4, -0.2) is 4.98 Å². The van der Waals surface area contributed by atoms with Crippen LogP contribution in [0.2, 0.25) is 0 Å². The summed E-state index contributed by atoms with van der Waals surface area (Å²) >= 11 is 0. The molecule has 2 aliphatic carbocycles. The first kappa shape index (κ1) is 11.5. The van der Waals surface area contributed by atoms with E-state index in [0.717, 1.165) is 16.8 Å². The lowest BCUT2D eigenvalue weighted by molar-refractivity contribution is 0.178. The predicted molar refractivity (Wildman–Crippen MR) is 69.2 cm³/mol. The van der Waals surface area contributed by atoms with Crippen molar-refractivity contribution in [3.05, 3.63) is 57.0 Å². The molecule has 0 spiro atoms. The fourth-order valence-corrected chi connectivity index (χ4v) is 3.40. The Morgan fingerprint density at radius 2 is 2.28 bits per heavy atom. The number of alkyl halides is 1. The smallest absolute Gasteiger partial charge is 0.248 e. The maximum atomic E-state index is 15.4. The SMILES string of the molecule is C/C=C1\[C@H]2C=C(C)C[C@]1(F)c1ccc(=O)[nH]c1C2. The number of aromatic nitrogens is 1. The van der Waals surface area contributed by atoms with Crippen molar-refractivity contribution in [1.82, 2.24) is 4.98 Å². The molecular formula is C15H16FNO. The van der Waals surface area contributed by atoms with Crippen LogP contribution in [-0.2, 0) is 12.1 Å². The number of hydrogen-bond acceptors (Lipinski definition) is 1. The van der Waals surface area contributed by atoms with Crippen LogP contribution in [0.4, 0.5) is 4.39 Å². The third-order valence-corrected chi connectivity index (χ3v) is 4.03. The van der Waals surface area contributed by atoms with Crippen LogP contribution in [0.25, 0.3) is 0 Å². The Hall–Kier alpha value is -1.64. The van der Waals surface area contributed by atoms with Crippen LogP contribution < -0.4 is 5.56 Å². The number of pyridine rings is 1. The van der Waals surface area contributed by atoms with Gasteiger partial charge in [-0.15, -0.1) is 0 Å². The van der Waals surface area contributed by atoms with Gasteiger partial charge in [-0.05, 0) is 31.9 Å². The Morgan fingerprint density at radius 3 is 3.00 bits per heavy atom. The molecule has 1 heterocycles. The molecule has 0 saturated carbocycles. The molecule has 2 atom stereocenters. The van der Waals surface area contributed by atoms with Gasteiger partial charge in [0.05, 0.1) is 0 Å². The molecule has 0 amide bonds. The zero-order valence-electron chi connectivity index (χ0n) is 10.6. The zero-order valence-corrected chi connectivity index (χ0v) is 10.6. The molecule has 18 heavy (non-hydrogen) atoms. The number of aromatic amines is 1. The van der Waals surface area contributed by atoms with E-state index in [9.17, 15) is 4.79 Å². The molecular weight excluding hydrogens is 229 g/mol. The molecule has 3 rings (SSSR count). The average molecular weight is 245 g/mol. The summed E-state index contributed by atoms with van der Waals surface area (Å²) in [4.78, 5) is 14.2. The maximum absolute atomic E-state index is 15.4. The normalized spacial score (nSPS) is 32.1. The Labute approximate surface area is 105 Å². The van der Waals surface area contributed by atoms with Gasteiger partial charge in [-0.1, -0.05) is 17.7 Å². The highest BCUT2D eigenvalue weighted by Crippen LogP contribution is 2.51. The van der Waals surface area contributed by atoms with Gasteiger partial charge in [-0.3, -0.25) is 4.79 Å². The second-order valence-electron chi connectivity index (χ2n) is 5.26. The highest BCUT2D eigenvalue weighted by molar-refractivity contribution is 5.47. The van der Waals surface area contributed by atoms with E-state index in [1.807, 2.05) is 19.9 Å². The van der Waals surface area contributed by atoms with E-state index < -0.39 is 5.67 Å². The van der Waals surface area contributed by atoms with Crippen molar-refractivity contribution < 1.29 is 4.39 Å².